The SMILES string of the molecule is CCOc1cc(N(CC)CC)ccc1C1(c2c(C)n(Cc3ccccc3)c3ccccc23)OC(=O)c2ccccc21. The van der Waals surface area contributed by atoms with Gasteiger partial charge in [0.15, 0.2) is 5.60 Å². The van der Waals surface area contributed by atoms with Crippen LogP contribution in [-0.4, -0.2) is 30.2 Å². The van der Waals surface area contributed by atoms with Crippen molar-refractivity contribution in [3.05, 3.63) is 131 Å². The van der Waals surface area contributed by atoms with Crippen molar-refractivity contribution in [3.63, 3.8) is 0 Å². The number of hydrogen-bond acceptors (Lipinski definition) is 4. The number of para-hydroxylation sites is 1. The van der Waals surface area contributed by atoms with Crippen LogP contribution in [0.2, 0.25) is 0 Å². The summed E-state index contributed by atoms with van der Waals surface area (Å²) in [4.78, 5) is 15.9. The van der Waals surface area contributed by atoms with E-state index in [-0.39, 0.29) is 5.97 Å². The molecule has 0 bridgehead atoms. The normalized spacial score (nSPS) is 16.0. The van der Waals surface area contributed by atoms with E-state index in [4.69, 9.17) is 9.47 Å². The third kappa shape index (κ3) is 4.28. The summed E-state index contributed by atoms with van der Waals surface area (Å²) in [6.07, 6.45) is 0. The number of aromatic nitrogens is 1. The van der Waals surface area contributed by atoms with Crippen molar-refractivity contribution >= 4 is 22.6 Å². The van der Waals surface area contributed by atoms with Gasteiger partial charge in [-0.05, 0) is 57.5 Å². The van der Waals surface area contributed by atoms with Gasteiger partial charge in [-0.2, -0.15) is 0 Å². The summed E-state index contributed by atoms with van der Waals surface area (Å²) in [6, 6.07) is 33.0. The smallest absolute Gasteiger partial charge is 0.340 e. The van der Waals surface area contributed by atoms with Crippen molar-refractivity contribution in [2.24, 2.45) is 0 Å². The number of benzene rings is 4. The average Bonchev–Trinajstić information content (AvgIpc) is 3.45. The molecule has 0 saturated heterocycles. The summed E-state index contributed by atoms with van der Waals surface area (Å²) < 4.78 is 15.3. The van der Waals surface area contributed by atoms with Crippen LogP contribution in [0.4, 0.5) is 5.69 Å². The quantitative estimate of drug-likeness (QED) is 0.178. The minimum absolute atomic E-state index is 0.324. The lowest BCUT2D eigenvalue weighted by Crippen LogP contribution is -2.31. The molecule has 1 aliphatic rings. The number of cyclic esters (lactones) is 1. The molecule has 41 heavy (non-hydrogen) atoms. The zero-order chi connectivity index (χ0) is 28.6. The third-order valence-corrected chi connectivity index (χ3v) is 8.31. The fourth-order valence-electron chi connectivity index (χ4n) is 6.44. The molecule has 0 spiro atoms. The molecule has 4 aromatic carbocycles. The first-order chi connectivity index (χ1) is 20.0. The Hall–Kier alpha value is -4.51. The molecule has 2 heterocycles. The Morgan fingerprint density at radius 2 is 1.54 bits per heavy atom. The molecule has 0 N–H and O–H groups in total. The van der Waals surface area contributed by atoms with Gasteiger partial charge in [0.2, 0.25) is 0 Å². The highest BCUT2D eigenvalue weighted by Crippen LogP contribution is 2.53. The maximum atomic E-state index is 13.6. The number of hydrogen-bond donors (Lipinski definition) is 0. The number of esters is 1. The first-order valence-electron chi connectivity index (χ1n) is 14.5. The van der Waals surface area contributed by atoms with Crippen LogP contribution in [0, 0.1) is 6.92 Å². The number of fused-ring (bicyclic) bond motifs is 2. The Bertz CT molecular complexity index is 1720. The molecule has 1 aromatic heterocycles. The van der Waals surface area contributed by atoms with Crippen molar-refractivity contribution in [2.45, 2.75) is 39.8 Å². The minimum atomic E-state index is -1.18. The fourth-order valence-corrected chi connectivity index (χ4v) is 6.44. The third-order valence-electron chi connectivity index (χ3n) is 8.31. The van der Waals surface area contributed by atoms with E-state index < -0.39 is 5.60 Å². The molecule has 0 saturated carbocycles. The molecule has 5 heteroatoms. The predicted molar refractivity (Wildman–Crippen MR) is 165 cm³/mol. The molecule has 0 fully saturated rings. The van der Waals surface area contributed by atoms with Crippen molar-refractivity contribution in [1.29, 1.82) is 0 Å². The molecule has 0 amide bonds. The van der Waals surface area contributed by atoms with Gasteiger partial charge in [0, 0.05) is 64.7 Å². The standard InChI is InChI=1S/C36H36N2O3/c1-5-37(6-2)27-21-22-31(33(23-27)40-7-3)36(30-19-13-11-17-28(30)35(39)41-36)34-25(4)38(24-26-15-9-8-10-16-26)32-20-14-12-18-29(32)34/h8-23H,5-7,24H2,1-4H3. The summed E-state index contributed by atoms with van der Waals surface area (Å²) in [6.45, 7) is 11.4. The lowest BCUT2D eigenvalue weighted by atomic mass is 9.78. The molecule has 5 aromatic rings. The Balaban J connectivity index is 1.68. The van der Waals surface area contributed by atoms with Crippen LogP contribution in [0.5, 0.6) is 5.75 Å². The first kappa shape index (κ1) is 26.7. The number of ether oxygens (including phenoxy) is 2. The van der Waals surface area contributed by atoms with Crippen LogP contribution in [0.15, 0.2) is 97.1 Å². The van der Waals surface area contributed by atoms with Gasteiger partial charge in [-0.1, -0.05) is 66.7 Å². The van der Waals surface area contributed by atoms with Gasteiger partial charge in [0.1, 0.15) is 5.75 Å². The number of carbonyl (C=O) groups is 1. The van der Waals surface area contributed by atoms with Gasteiger partial charge in [0.05, 0.1) is 12.2 Å². The molecular formula is C36H36N2O3. The van der Waals surface area contributed by atoms with Gasteiger partial charge < -0.3 is 18.9 Å². The number of carbonyl (C=O) groups excluding carboxylic acids is 1. The van der Waals surface area contributed by atoms with Gasteiger partial charge in [-0.15, -0.1) is 0 Å². The minimum Gasteiger partial charge on any atom is -0.493 e. The first-order valence-corrected chi connectivity index (χ1v) is 14.5. The molecule has 6 rings (SSSR count). The zero-order valence-electron chi connectivity index (χ0n) is 24.2. The average molecular weight is 545 g/mol. The number of rotatable bonds is 9. The maximum Gasteiger partial charge on any atom is 0.340 e. The Kier molecular flexibility index (Phi) is 7.04. The summed E-state index contributed by atoms with van der Waals surface area (Å²) >= 11 is 0. The molecule has 5 nitrogen and oxygen atoms in total. The Labute approximate surface area is 241 Å². The van der Waals surface area contributed by atoms with E-state index in [2.05, 4.69) is 97.0 Å². The molecule has 1 atom stereocenters. The highest BCUT2D eigenvalue weighted by atomic mass is 16.6. The van der Waals surface area contributed by atoms with E-state index in [1.165, 1.54) is 5.56 Å². The second-order valence-corrected chi connectivity index (χ2v) is 10.5. The van der Waals surface area contributed by atoms with Gasteiger partial charge in [-0.3, -0.25) is 0 Å². The topological polar surface area (TPSA) is 43.7 Å². The van der Waals surface area contributed by atoms with E-state index in [0.717, 1.165) is 57.8 Å². The van der Waals surface area contributed by atoms with Crippen LogP contribution in [0.1, 0.15) is 59.1 Å². The van der Waals surface area contributed by atoms with Crippen molar-refractivity contribution in [1.82, 2.24) is 4.57 Å². The lowest BCUT2D eigenvalue weighted by Gasteiger charge is -2.33. The molecular weight excluding hydrogens is 508 g/mol. The highest BCUT2D eigenvalue weighted by Gasteiger charge is 2.52. The predicted octanol–water partition coefficient (Wildman–Crippen LogP) is 7.71. The molecule has 1 aliphatic heterocycles. The molecule has 0 aliphatic carbocycles. The highest BCUT2D eigenvalue weighted by molar-refractivity contribution is 5.99. The van der Waals surface area contributed by atoms with Crippen LogP contribution in [-0.2, 0) is 16.9 Å². The van der Waals surface area contributed by atoms with E-state index in [1.54, 1.807) is 0 Å². The fraction of sp³-hybridized carbons (Fsp3) is 0.250. The summed E-state index contributed by atoms with van der Waals surface area (Å²) in [7, 11) is 0. The van der Waals surface area contributed by atoms with E-state index in [1.807, 2.05) is 37.3 Å². The van der Waals surface area contributed by atoms with Crippen LogP contribution in [0.25, 0.3) is 10.9 Å². The van der Waals surface area contributed by atoms with Crippen LogP contribution >= 0.6 is 0 Å². The van der Waals surface area contributed by atoms with Gasteiger partial charge >= 0.3 is 5.97 Å². The second-order valence-electron chi connectivity index (χ2n) is 10.5. The van der Waals surface area contributed by atoms with Crippen LogP contribution < -0.4 is 9.64 Å². The van der Waals surface area contributed by atoms with Gasteiger partial charge in [-0.25, -0.2) is 4.79 Å². The summed E-state index contributed by atoms with van der Waals surface area (Å²) in [5.41, 5.74) is 6.49. The van der Waals surface area contributed by atoms with Crippen molar-refractivity contribution < 1.29 is 14.3 Å². The van der Waals surface area contributed by atoms with E-state index >= 15 is 0 Å². The number of anilines is 1. The summed E-state index contributed by atoms with van der Waals surface area (Å²) in [5.74, 6) is 0.399. The maximum absolute atomic E-state index is 13.6. The Morgan fingerprint density at radius 1 is 0.829 bits per heavy atom. The lowest BCUT2D eigenvalue weighted by molar-refractivity contribution is 0.0246. The molecule has 1 unspecified atom stereocenters. The molecule has 208 valence electrons. The van der Waals surface area contributed by atoms with Crippen molar-refractivity contribution in [2.75, 3.05) is 24.6 Å². The Morgan fingerprint density at radius 3 is 2.29 bits per heavy atom. The largest absolute Gasteiger partial charge is 0.493 e. The number of nitrogens with zero attached hydrogens (tertiary/aromatic N) is 2. The van der Waals surface area contributed by atoms with E-state index in [9.17, 15) is 4.79 Å². The van der Waals surface area contributed by atoms with Crippen LogP contribution in [0.3, 0.4) is 0 Å². The summed E-state index contributed by atoms with van der Waals surface area (Å²) in [5, 5.41) is 1.06. The second kappa shape index (κ2) is 10.8. The monoisotopic (exact) mass is 544 g/mol. The van der Waals surface area contributed by atoms with Gasteiger partial charge in [0.25, 0.3) is 0 Å². The zero-order valence-corrected chi connectivity index (χ0v) is 24.2. The van der Waals surface area contributed by atoms with Crippen molar-refractivity contribution in [3.8, 4) is 5.75 Å². The van der Waals surface area contributed by atoms with E-state index in [0.29, 0.717) is 18.7 Å². The molecule has 0 radical (unpaired) electrons.